The van der Waals surface area contributed by atoms with E-state index in [-0.39, 0.29) is 11.4 Å². The van der Waals surface area contributed by atoms with E-state index in [2.05, 4.69) is 25.6 Å². The smallest absolute Gasteiger partial charge is 0.295 e. The highest BCUT2D eigenvalue weighted by Gasteiger charge is 2.16. The highest BCUT2D eigenvalue weighted by Crippen LogP contribution is 2.29. The molecule has 1 aromatic carbocycles. The van der Waals surface area contributed by atoms with Gasteiger partial charge in [-0.05, 0) is 31.2 Å². The number of nitrogens with zero attached hydrogens (tertiary/aromatic N) is 4. The molecule has 0 saturated heterocycles. The Bertz CT molecular complexity index is 936. The molecule has 0 aliphatic heterocycles. The van der Waals surface area contributed by atoms with Crippen molar-refractivity contribution in [3.05, 3.63) is 64.7 Å². The monoisotopic (exact) mass is 354 g/mol. The number of benzene rings is 1. The third-order valence-corrected chi connectivity index (χ3v) is 3.46. The second-order valence-corrected chi connectivity index (χ2v) is 5.27. The highest BCUT2D eigenvalue weighted by atomic mass is 19.1. The molecule has 9 heteroatoms. The molecule has 2 aromatic heterocycles. The van der Waals surface area contributed by atoms with Crippen molar-refractivity contribution < 1.29 is 9.31 Å². The van der Waals surface area contributed by atoms with E-state index in [0.29, 0.717) is 24.0 Å². The Labute approximate surface area is 148 Å². The number of aromatic nitrogens is 3. The van der Waals surface area contributed by atoms with Gasteiger partial charge >= 0.3 is 0 Å². The van der Waals surface area contributed by atoms with E-state index in [1.807, 2.05) is 6.92 Å². The van der Waals surface area contributed by atoms with Crippen LogP contribution in [0.15, 0.2) is 48.8 Å². The Morgan fingerprint density at radius 3 is 2.62 bits per heavy atom. The van der Waals surface area contributed by atoms with E-state index in [1.54, 1.807) is 30.6 Å². The maximum absolute atomic E-state index is 13.3. The van der Waals surface area contributed by atoms with E-state index < -0.39 is 10.7 Å². The number of hydrogen-bond donors (Lipinski definition) is 2. The summed E-state index contributed by atoms with van der Waals surface area (Å²) in [7, 11) is 0. The van der Waals surface area contributed by atoms with Crippen molar-refractivity contribution in [2.45, 2.75) is 6.92 Å². The summed E-state index contributed by atoms with van der Waals surface area (Å²) < 4.78 is 13.3. The molecule has 0 saturated carbocycles. The molecule has 26 heavy (non-hydrogen) atoms. The Balaban J connectivity index is 2.02. The summed E-state index contributed by atoms with van der Waals surface area (Å²) in [6, 6.07) is 8.55. The third kappa shape index (κ3) is 3.89. The van der Waals surface area contributed by atoms with Gasteiger partial charge in [-0.3, -0.25) is 15.1 Å². The SMILES string of the molecule is CCNc1nc(Nc2ccc(F)cc2[N+](=O)[O-])cc(-c2ccncc2)n1. The third-order valence-electron chi connectivity index (χ3n) is 3.46. The largest absolute Gasteiger partial charge is 0.354 e. The van der Waals surface area contributed by atoms with E-state index in [1.165, 1.54) is 6.07 Å². The molecule has 2 heterocycles. The van der Waals surface area contributed by atoms with Crippen LogP contribution < -0.4 is 10.6 Å². The maximum atomic E-state index is 13.3. The zero-order chi connectivity index (χ0) is 18.5. The first-order valence-corrected chi connectivity index (χ1v) is 7.81. The number of nitrogens with one attached hydrogen (secondary N) is 2. The first-order chi connectivity index (χ1) is 12.6. The predicted molar refractivity (Wildman–Crippen MR) is 95.8 cm³/mol. The number of pyridine rings is 1. The lowest BCUT2D eigenvalue weighted by Gasteiger charge is -2.11. The van der Waals surface area contributed by atoms with Crippen LogP contribution >= 0.6 is 0 Å². The van der Waals surface area contributed by atoms with Gasteiger partial charge in [0.25, 0.3) is 5.69 Å². The van der Waals surface area contributed by atoms with E-state index in [0.717, 1.165) is 17.7 Å². The van der Waals surface area contributed by atoms with Crippen LogP contribution in [0.2, 0.25) is 0 Å². The van der Waals surface area contributed by atoms with Gasteiger partial charge in [-0.2, -0.15) is 4.98 Å². The lowest BCUT2D eigenvalue weighted by Crippen LogP contribution is -2.06. The van der Waals surface area contributed by atoms with Crippen molar-refractivity contribution in [3.8, 4) is 11.3 Å². The second kappa shape index (κ2) is 7.51. The van der Waals surface area contributed by atoms with Gasteiger partial charge in [0.2, 0.25) is 5.95 Å². The molecule has 0 amide bonds. The van der Waals surface area contributed by atoms with Crippen LogP contribution in [0, 0.1) is 15.9 Å². The zero-order valence-electron chi connectivity index (χ0n) is 13.8. The summed E-state index contributed by atoms with van der Waals surface area (Å²) in [5.41, 5.74) is 1.20. The van der Waals surface area contributed by atoms with Gasteiger partial charge in [-0.1, -0.05) is 0 Å². The Morgan fingerprint density at radius 1 is 1.15 bits per heavy atom. The van der Waals surface area contributed by atoms with Crippen LogP contribution in [0.3, 0.4) is 0 Å². The molecule has 0 aliphatic carbocycles. The van der Waals surface area contributed by atoms with E-state index in [9.17, 15) is 14.5 Å². The molecule has 0 aliphatic rings. The molecule has 0 atom stereocenters. The molecule has 8 nitrogen and oxygen atoms in total. The lowest BCUT2D eigenvalue weighted by molar-refractivity contribution is -0.384. The van der Waals surface area contributed by atoms with Crippen LogP contribution in [0.25, 0.3) is 11.3 Å². The highest BCUT2D eigenvalue weighted by molar-refractivity contribution is 5.71. The topological polar surface area (TPSA) is 106 Å². The summed E-state index contributed by atoms with van der Waals surface area (Å²) in [5, 5.41) is 17.1. The van der Waals surface area contributed by atoms with Crippen molar-refractivity contribution >= 4 is 23.1 Å². The average Bonchev–Trinajstić information content (AvgIpc) is 2.64. The molecule has 132 valence electrons. The van der Waals surface area contributed by atoms with Gasteiger partial charge < -0.3 is 10.6 Å². The average molecular weight is 354 g/mol. The van der Waals surface area contributed by atoms with Crippen molar-refractivity contribution in [2.24, 2.45) is 0 Å². The number of hydrogen-bond acceptors (Lipinski definition) is 7. The fourth-order valence-corrected chi connectivity index (χ4v) is 2.32. The Hall–Kier alpha value is -3.62. The second-order valence-electron chi connectivity index (χ2n) is 5.27. The number of rotatable bonds is 6. The molecule has 2 N–H and O–H groups in total. The van der Waals surface area contributed by atoms with Crippen LogP contribution in [-0.4, -0.2) is 26.4 Å². The molecular weight excluding hydrogens is 339 g/mol. The number of halogens is 1. The Kier molecular flexibility index (Phi) is 4.97. The molecule has 3 aromatic rings. The summed E-state index contributed by atoms with van der Waals surface area (Å²) in [5.74, 6) is 0.0299. The first-order valence-electron chi connectivity index (χ1n) is 7.81. The van der Waals surface area contributed by atoms with Gasteiger partial charge in [-0.25, -0.2) is 9.37 Å². The van der Waals surface area contributed by atoms with Gasteiger partial charge in [0, 0.05) is 30.6 Å². The number of anilines is 3. The standard InChI is InChI=1S/C17H15FN6O2/c1-2-20-17-22-14(11-5-7-19-8-6-11)10-16(23-17)21-13-4-3-12(18)9-15(13)24(25)26/h3-10H,2H2,1H3,(H2,20,21,22,23). The minimum Gasteiger partial charge on any atom is -0.354 e. The number of nitro groups is 1. The van der Waals surface area contributed by atoms with Gasteiger partial charge in [0.05, 0.1) is 16.7 Å². The van der Waals surface area contributed by atoms with E-state index >= 15 is 0 Å². The van der Waals surface area contributed by atoms with Crippen molar-refractivity contribution in [3.63, 3.8) is 0 Å². The van der Waals surface area contributed by atoms with Crippen LogP contribution in [0.1, 0.15) is 6.92 Å². The molecule has 0 bridgehead atoms. The first kappa shape index (κ1) is 17.2. The fourth-order valence-electron chi connectivity index (χ4n) is 2.32. The predicted octanol–water partition coefficient (Wildman–Crippen LogP) is 3.76. The van der Waals surface area contributed by atoms with Crippen LogP contribution in [0.4, 0.5) is 27.5 Å². The minimum absolute atomic E-state index is 0.137. The van der Waals surface area contributed by atoms with E-state index in [4.69, 9.17) is 0 Å². The molecule has 0 radical (unpaired) electrons. The Morgan fingerprint density at radius 2 is 1.92 bits per heavy atom. The van der Waals surface area contributed by atoms with Crippen molar-refractivity contribution in [1.82, 2.24) is 15.0 Å². The van der Waals surface area contributed by atoms with Crippen molar-refractivity contribution in [2.75, 3.05) is 17.2 Å². The zero-order valence-corrected chi connectivity index (χ0v) is 13.8. The van der Waals surface area contributed by atoms with Gasteiger partial charge in [0.1, 0.15) is 17.3 Å². The van der Waals surface area contributed by atoms with Crippen molar-refractivity contribution in [1.29, 1.82) is 0 Å². The normalized spacial score (nSPS) is 10.4. The summed E-state index contributed by atoms with van der Waals surface area (Å²) in [6.45, 7) is 2.51. The van der Waals surface area contributed by atoms with Gasteiger partial charge in [-0.15, -0.1) is 0 Å². The van der Waals surface area contributed by atoms with Crippen LogP contribution in [0.5, 0.6) is 0 Å². The fraction of sp³-hybridized carbons (Fsp3) is 0.118. The molecule has 3 rings (SSSR count). The summed E-state index contributed by atoms with van der Waals surface area (Å²) >= 11 is 0. The minimum atomic E-state index is -0.684. The quantitative estimate of drug-likeness (QED) is 0.513. The lowest BCUT2D eigenvalue weighted by atomic mass is 10.2. The van der Waals surface area contributed by atoms with Crippen LogP contribution in [-0.2, 0) is 0 Å². The molecule has 0 fully saturated rings. The molecular formula is C17H15FN6O2. The summed E-state index contributed by atoms with van der Waals surface area (Å²) in [4.78, 5) is 23.2. The molecule has 0 unspecified atom stereocenters. The summed E-state index contributed by atoms with van der Waals surface area (Å²) in [6.07, 6.45) is 3.28. The number of nitro benzene ring substituents is 1. The molecule has 0 spiro atoms. The van der Waals surface area contributed by atoms with Gasteiger partial charge in [0.15, 0.2) is 0 Å². The maximum Gasteiger partial charge on any atom is 0.295 e.